The van der Waals surface area contributed by atoms with Crippen LogP contribution in [0.4, 0.5) is 0 Å². The molecule has 0 aliphatic heterocycles. The van der Waals surface area contributed by atoms with E-state index < -0.39 is 0 Å². The molecule has 0 aliphatic rings. The highest BCUT2D eigenvalue weighted by molar-refractivity contribution is 5.94. The summed E-state index contributed by atoms with van der Waals surface area (Å²) >= 11 is 0. The molecule has 1 amide bonds. The fraction of sp³-hybridized carbons (Fsp3) is 0.174. The molecule has 4 nitrogen and oxygen atoms in total. The first kappa shape index (κ1) is 18.5. The van der Waals surface area contributed by atoms with Crippen molar-refractivity contribution in [3.63, 3.8) is 0 Å². The van der Waals surface area contributed by atoms with Gasteiger partial charge in [-0.1, -0.05) is 54.6 Å². The van der Waals surface area contributed by atoms with Gasteiger partial charge < -0.3 is 14.8 Å². The van der Waals surface area contributed by atoms with Gasteiger partial charge in [0.25, 0.3) is 5.91 Å². The van der Waals surface area contributed by atoms with Gasteiger partial charge in [0, 0.05) is 5.56 Å². The minimum atomic E-state index is -0.127. The number of carbonyl (C=O) groups excluding carboxylic acids is 1. The van der Waals surface area contributed by atoms with Gasteiger partial charge in [-0.25, -0.2) is 0 Å². The second kappa shape index (κ2) is 9.43. The summed E-state index contributed by atoms with van der Waals surface area (Å²) in [6, 6.07) is 26.6. The van der Waals surface area contributed by atoms with Crippen LogP contribution in [0.25, 0.3) is 0 Å². The van der Waals surface area contributed by atoms with Crippen LogP contribution in [0.3, 0.4) is 0 Å². The summed E-state index contributed by atoms with van der Waals surface area (Å²) in [5, 5.41) is 3.01. The zero-order chi connectivity index (χ0) is 18.9. The van der Waals surface area contributed by atoms with Crippen LogP contribution in [0, 0.1) is 0 Å². The van der Waals surface area contributed by atoms with Gasteiger partial charge in [-0.2, -0.15) is 0 Å². The summed E-state index contributed by atoms with van der Waals surface area (Å²) in [5.41, 5.74) is 1.63. The first-order valence-electron chi connectivity index (χ1n) is 8.99. The molecule has 4 heteroatoms. The van der Waals surface area contributed by atoms with Crippen molar-refractivity contribution < 1.29 is 14.3 Å². The van der Waals surface area contributed by atoms with Gasteiger partial charge in [0.1, 0.15) is 24.7 Å². The van der Waals surface area contributed by atoms with E-state index in [1.807, 2.05) is 79.7 Å². The number of hydrogen-bond donors (Lipinski definition) is 1. The largest absolute Gasteiger partial charge is 0.490 e. The molecule has 0 saturated heterocycles. The van der Waals surface area contributed by atoms with E-state index in [4.69, 9.17) is 9.47 Å². The lowest BCUT2D eigenvalue weighted by atomic mass is 10.1. The Morgan fingerprint density at radius 2 is 1.41 bits per heavy atom. The lowest BCUT2D eigenvalue weighted by Gasteiger charge is -2.15. The van der Waals surface area contributed by atoms with Crippen LogP contribution in [-0.4, -0.2) is 19.1 Å². The van der Waals surface area contributed by atoms with Gasteiger partial charge in [-0.05, 0) is 42.8 Å². The molecule has 138 valence electrons. The van der Waals surface area contributed by atoms with E-state index in [-0.39, 0.29) is 11.9 Å². The summed E-state index contributed by atoms with van der Waals surface area (Å²) in [6.07, 6.45) is 0. The van der Waals surface area contributed by atoms with Crippen molar-refractivity contribution in [2.24, 2.45) is 0 Å². The molecule has 0 bridgehead atoms. The monoisotopic (exact) mass is 361 g/mol. The van der Waals surface area contributed by atoms with Crippen molar-refractivity contribution in [2.75, 3.05) is 13.2 Å². The lowest BCUT2D eigenvalue weighted by Crippen LogP contribution is -2.26. The van der Waals surface area contributed by atoms with Crippen LogP contribution in [-0.2, 0) is 0 Å². The minimum absolute atomic E-state index is 0.0671. The fourth-order valence-corrected chi connectivity index (χ4v) is 2.67. The number of ether oxygens (including phenoxy) is 2. The normalized spacial score (nSPS) is 11.4. The first-order chi connectivity index (χ1) is 13.2. The summed E-state index contributed by atoms with van der Waals surface area (Å²) in [7, 11) is 0. The van der Waals surface area contributed by atoms with E-state index >= 15 is 0 Å². The van der Waals surface area contributed by atoms with Crippen molar-refractivity contribution in [1.29, 1.82) is 0 Å². The Bertz CT molecular complexity index is 850. The average molecular weight is 361 g/mol. The van der Waals surface area contributed by atoms with Gasteiger partial charge in [0.05, 0.1) is 6.04 Å². The summed E-state index contributed by atoms with van der Waals surface area (Å²) in [6.45, 7) is 2.81. The number of hydrogen-bond acceptors (Lipinski definition) is 3. The maximum absolute atomic E-state index is 12.5. The number of benzene rings is 3. The fourth-order valence-electron chi connectivity index (χ4n) is 2.67. The van der Waals surface area contributed by atoms with Gasteiger partial charge in [0.2, 0.25) is 0 Å². The molecule has 1 N–H and O–H groups in total. The molecular formula is C23H23NO3. The van der Waals surface area contributed by atoms with E-state index in [1.54, 1.807) is 12.1 Å². The number of carbonyl (C=O) groups is 1. The molecule has 3 aromatic carbocycles. The summed E-state index contributed by atoms with van der Waals surface area (Å²) in [5.74, 6) is 1.33. The zero-order valence-electron chi connectivity index (χ0n) is 15.3. The van der Waals surface area contributed by atoms with Crippen LogP contribution in [0.2, 0.25) is 0 Å². The zero-order valence-corrected chi connectivity index (χ0v) is 15.3. The third kappa shape index (κ3) is 5.61. The van der Waals surface area contributed by atoms with Gasteiger partial charge in [0.15, 0.2) is 0 Å². The smallest absolute Gasteiger partial charge is 0.251 e. The van der Waals surface area contributed by atoms with Crippen molar-refractivity contribution in [2.45, 2.75) is 13.0 Å². The highest BCUT2D eigenvalue weighted by atomic mass is 16.5. The minimum Gasteiger partial charge on any atom is -0.490 e. The number of nitrogens with one attached hydrogen (secondary N) is 1. The van der Waals surface area contributed by atoms with Crippen molar-refractivity contribution in [1.82, 2.24) is 5.32 Å². The molecule has 0 aromatic heterocycles. The molecule has 0 heterocycles. The Balaban J connectivity index is 1.51. The highest BCUT2D eigenvalue weighted by Crippen LogP contribution is 2.16. The maximum atomic E-state index is 12.5. The van der Waals surface area contributed by atoms with E-state index in [2.05, 4.69) is 5.32 Å². The molecule has 0 fully saturated rings. The highest BCUT2D eigenvalue weighted by Gasteiger charge is 2.11. The van der Waals surface area contributed by atoms with Gasteiger partial charge in [-0.15, -0.1) is 0 Å². The molecule has 3 rings (SSSR count). The van der Waals surface area contributed by atoms with Gasteiger partial charge >= 0.3 is 0 Å². The Hall–Kier alpha value is -3.27. The predicted octanol–water partition coefficient (Wildman–Crippen LogP) is 4.64. The molecule has 27 heavy (non-hydrogen) atoms. The topological polar surface area (TPSA) is 47.6 Å². The van der Waals surface area contributed by atoms with Crippen molar-refractivity contribution in [3.8, 4) is 11.5 Å². The number of amides is 1. The van der Waals surface area contributed by atoms with E-state index in [0.29, 0.717) is 24.5 Å². The Morgan fingerprint density at radius 3 is 2.11 bits per heavy atom. The Kier molecular flexibility index (Phi) is 6.47. The predicted molar refractivity (Wildman–Crippen MR) is 106 cm³/mol. The molecule has 0 radical (unpaired) electrons. The molecule has 3 aromatic rings. The molecule has 1 atom stereocenters. The van der Waals surface area contributed by atoms with Crippen LogP contribution in [0.15, 0.2) is 84.9 Å². The van der Waals surface area contributed by atoms with E-state index in [9.17, 15) is 4.79 Å². The molecular weight excluding hydrogens is 338 g/mol. The molecule has 1 unspecified atom stereocenters. The van der Waals surface area contributed by atoms with Crippen molar-refractivity contribution >= 4 is 5.91 Å². The number of para-hydroxylation sites is 1. The molecule has 0 spiro atoms. The lowest BCUT2D eigenvalue weighted by molar-refractivity contribution is 0.0939. The van der Waals surface area contributed by atoms with E-state index in [1.165, 1.54) is 0 Å². The van der Waals surface area contributed by atoms with Crippen LogP contribution < -0.4 is 14.8 Å². The second-order valence-electron chi connectivity index (χ2n) is 6.14. The van der Waals surface area contributed by atoms with E-state index in [0.717, 1.165) is 11.3 Å². The SMILES string of the molecule is CC(NC(=O)c1cccc(OCCOc2ccccc2)c1)c1ccccc1. The number of rotatable bonds is 8. The van der Waals surface area contributed by atoms with Crippen LogP contribution in [0.5, 0.6) is 11.5 Å². The first-order valence-corrected chi connectivity index (χ1v) is 8.99. The quantitative estimate of drug-likeness (QED) is 0.595. The average Bonchev–Trinajstić information content (AvgIpc) is 2.73. The third-order valence-electron chi connectivity index (χ3n) is 4.11. The molecule has 0 aliphatic carbocycles. The summed E-state index contributed by atoms with van der Waals surface area (Å²) < 4.78 is 11.3. The Morgan fingerprint density at radius 1 is 0.815 bits per heavy atom. The van der Waals surface area contributed by atoms with Crippen molar-refractivity contribution in [3.05, 3.63) is 96.1 Å². The standard InChI is InChI=1S/C23H23NO3/c1-18(19-9-4-2-5-10-19)24-23(25)20-11-8-14-22(17-20)27-16-15-26-21-12-6-3-7-13-21/h2-14,17-18H,15-16H2,1H3,(H,24,25). The maximum Gasteiger partial charge on any atom is 0.251 e. The van der Waals surface area contributed by atoms with Gasteiger partial charge in [-0.3, -0.25) is 4.79 Å². The van der Waals surface area contributed by atoms with Crippen LogP contribution in [0.1, 0.15) is 28.9 Å². The summed E-state index contributed by atoms with van der Waals surface area (Å²) in [4.78, 5) is 12.5. The second-order valence-corrected chi connectivity index (χ2v) is 6.14. The third-order valence-corrected chi connectivity index (χ3v) is 4.11. The van der Waals surface area contributed by atoms with Crippen LogP contribution >= 0.6 is 0 Å². The molecule has 0 saturated carbocycles. The Labute approximate surface area is 159 Å².